The molecule has 4 nitrogen and oxygen atoms in total. The Morgan fingerprint density at radius 3 is 2.57 bits per heavy atom. The van der Waals surface area contributed by atoms with Crippen molar-refractivity contribution >= 4 is 28.2 Å². The topological polar surface area (TPSA) is 72.2 Å². The van der Waals surface area contributed by atoms with Crippen LogP contribution in [0.4, 0.5) is 9.39 Å². The predicted molar refractivity (Wildman–Crippen MR) is 81.3 cm³/mol. The summed E-state index contributed by atoms with van der Waals surface area (Å²) < 4.78 is 13.6. The highest BCUT2D eigenvalue weighted by Crippen LogP contribution is 2.33. The molecule has 3 N–H and O–H groups in total. The van der Waals surface area contributed by atoms with Gasteiger partial charge in [-0.3, -0.25) is 9.59 Å². The van der Waals surface area contributed by atoms with Gasteiger partial charge < -0.3 is 11.1 Å². The van der Waals surface area contributed by atoms with Crippen LogP contribution in [0.1, 0.15) is 38.1 Å². The molecule has 0 fully saturated rings. The monoisotopic (exact) mass is 306 g/mol. The molecule has 0 aliphatic carbocycles. The lowest BCUT2D eigenvalue weighted by Crippen LogP contribution is -2.18. The number of thiophene rings is 1. The maximum Gasteiger partial charge on any atom is 0.259 e. The van der Waals surface area contributed by atoms with Gasteiger partial charge in [-0.15, -0.1) is 11.3 Å². The predicted octanol–water partition coefficient (Wildman–Crippen LogP) is 3.11. The van der Waals surface area contributed by atoms with Crippen molar-refractivity contribution in [3.63, 3.8) is 0 Å². The fourth-order valence-corrected chi connectivity index (χ4v) is 3.31. The van der Waals surface area contributed by atoms with Gasteiger partial charge in [-0.1, -0.05) is 19.1 Å². The van der Waals surface area contributed by atoms with E-state index in [4.69, 9.17) is 5.73 Å². The number of nitrogens with two attached hydrogens (primary N) is 1. The Hall–Kier alpha value is -2.21. The van der Waals surface area contributed by atoms with E-state index < -0.39 is 17.6 Å². The number of aryl methyl sites for hydroxylation is 1. The first-order valence-electron chi connectivity index (χ1n) is 6.43. The molecule has 0 radical (unpaired) electrons. The van der Waals surface area contributed by atoms with Gasteiger partial charge >= 0.3 is 0 Å². The molecule has 1 heterocycles. The van der Waals surface area contributed by atoms with E-state index in [1.807, 2.05) is 13.8 Å². The zero-order valence-electron chi connectivity index (χ0n) is 11.7. The third-order valence-corrected chi connectivity index (χ3v) is 4.22. The highest BCUT2D eigenvalue weighted by Gasteiger charge is 2.21. The van der Waals surface area contributed by atoms with Crippen LogP contribution < -0.4 is 11.1 Å². The van der Waals surface area contributed by atoms with Crippen LogP contribution >= 0.6 is 11.3 Å². The standard InChI is InChI=1S/C15H15FN2O2S/c1-3-9-8(2)21-15(12(9)13(17)19)18-14(20)10-6-4-5-7-11(10)16/h4-7H,3H2,1-2H3,(H2,17,19)(H,18,20). The summed E-state index contributed by atoms with van der Waals surface area (Å²) in [6.07, 6.45) is 0.635. The van der Waals surface area contributed by atoms with Crippen LogP contribution in [0.3, 0.4) is 0 Å². The third kappa shape index (κ3) is 2.95. The number of nitrogens with one attached hydrogen (secondary N) is 1. The van der Waals surface area contributed by atoms with Gasteiger partial charge in [-0.05, 0) is 31.0 Å². The Morgan fingerprint density at radius 1 is 1.33 bits per heavy atom. The molecule has 0 spiro atoms. The Morgan fingerprint density at radius 2 is 2.00 bits per heavy atom. The van der Waals surface area contributed by atoms with Crippen LogP contribution in [-0.2, 0) is 6.42 Å². The van der Waals surface area contributed by atoms with E-state index in [-0.39, 0.29) is 5.56 Å². The second kappa shape index (κ2) is 6.05. The number of anilines is 1. The lowest BCUT2D eigenvalue weighted by molar-refractivity contribution is 0.100. The number of hydrogen-bond donors (Lipinski definition) is 2. The van der Waals surface area contributed by atoms with Crippen LogP contribution in [0, 0.1) is 12.7 Å². The minimum atomic E-state index is -0.611. The molecule has 0 unspecified atom stereocenters. The zero-order chi connectivity index (χ0) is 15.6. The zero-order valence-corrected chi connectivity index (χ0v) is 12.5. The number of benzene rings is 1. The summed E-state index contributed by atoms with van der Waals surface area (Å²) in [4.78, 5) is 24.6. The van der Waals surface area contributed by atoms with Gasteiger partial charge in [-0.25, -0.2) is 4.39 Å². The van der Waals surface area contributed by atoms with E-state index in [9.17, 15) is 14.0 Å². The summed E-state index contributed by atoms with van der Waals surface area (Å²) in [5.74, 6) is -1.81. The Kier molecular flexibility index (Phi) is 4.37. The van der Waals surface area contributed by atoms with Crippen molar-refractivity contribution in [1.29, 1.82) is 0 Å². The van der Waals surface area contributed by atoms with Crippen molar-refractivity contribution in [3.8, 4) is 0 Å². The SMILES string of the molecule is CCc1c(C)sc(NC(=O)c2ccccc2F)c1C(N)=O. The number of primary amides is 1. The van der Waals surface area contributed by atoms with E-state index in [1.54, 1.807) is 6.07 Å². The quantitative estimate of drug-likeness (QED) is 0.911. The summed E-state index contributed by atoms with van der Waals surface area (Å²) >= 11 is 1.27. The average Bonchev–Trinajstić information content (AvgIpc) is 2.74. The van der Waals surface area contributed by atoms with Crippen molar-refractivity contribution in [2.45, 2.75) is 20.3 Å². The number of carbonyl (C=O) groups excluding carboxylic acids is 2. The number of carbonyl (C=O) groups is 2. The summed E-state index contributed by atoms with van der Waals surface area (Å²) in [5.41, 5.74) is 6.44. The molecule has 0 atom stereocenters. The lowest BCUT2D eigenvalue weighted by atomic mass is 10.1. The molecule has 1 aromatic heterocycles. The molecule has 6 heteroatoms. The molecular weight excluding hydrogens is 291 g/mol. The van der Waals surface area contributed by atoms with E-state index >= 15 is 0 Å². The van der Waals surface area contributed by atoms with E-state index in [0.717, 1.165) is 10.4 Å². The van der Waals surface area contributed by atoms with Gasteiger partial charge in [0, 0.05) is 4.88 Å². The maximum absolute atomic E-state index is 13.6. The Balaban J connectivity index is 2.38. The molecule has 2 aromatic rings. The van der Waals surface area contributed by atoms with Gasteiger partial charge in [0.2, 0.25) is 0 Å². The highest BCUT2D eigenvalue weighted by atomic mass is 32.1. The third-order valence-electron chi connectivity index (χ3n) is 3.15. The molecule has 2 amide bonds. The van der Waals surface area contributed by atoms with Gasteiger partial charge in [0.05, 0.1) is 11.1 Å². The van der Waals surface area contributed by atoms with Crippen LogP contribution in [-0.4, -0.2) is 11.8 Å². The maximum atomic E-state index is 13.6. The van der Waals surface area contributed by atoms with Gasteiger partial charge in [-0.2, -0.15) is 0 Å². The fraction of sp³-hybridized carbons (Fsp3) is 0.200. The fourth-order valence-electron chi connectivity index (χ4n) is 2.17. The first kappa shape index (κ1) is 15.2. The highest BCUT2D eigenvalue weighted by molar-refractivity contribution is 7.16. The summed E-state index contributed by atoms with van der Waals surface area (Å²) in [6, 6.07) is 5.67. The first-order valence-corrected chi connectivity index (χ1v) is 7.25. The van der Waals surface area contributed by atoms with E-state index in [2.05, 4.69) is 5.32 Å². The Labute approximate surface area is 125 Å². The average molecular weight is 306 g/mol. The molecule has 0 bridgehead atoms. The summed E-state index contributed by atoms with van der Waals surface area (Å²) in [6.45, 7) is 3.76. The Bertz CT molecular complexity index is 710. The molecule has 0 saturated heterocycles. The largest absolute Gasteiger partial charge is 0.365 e. The number of rotatable bonds is 4. The van der Waals surface area contributed by atoms with Crippen LogP contribution in [0.5, 0.6) is 0 Å². The smallest absolute Gasteiger partial charge is 0.259 e. The lowest BCUT2D eigenvalue weighted by Gasteiger charge is -2.06. The number of halogens is 1. The van der Waals surface area contributed by atoms with Crippen molar-refractivity contribution in [2.75, 3.05) is 5.32 Å². The molecule has 0 aliphatic rings. The molecule has 0 aliphatic heterocycles. The number of amides is 2. The van der Waals surface area contributed by atoms with Crippen LogP contribution in [0.15, 0.2) is 24.3 Å². The molecular formula is C15H15FN2O2S. The molecule has 110 valence electrons. The van der Waals surface area contributed by atoms with E-state index in [0.29, 0.717) is 17.0 Å². The van der Waals surface area contributed by atoms with Crippen molar-refractivity contribution in [3.05, 3.63) is 51.7 Å². The summed E-state index contributed by atoms with van der Waals surface area (Å²) in [5, 5.41) is 2.95. The van der Waals surface area contributed by atoms with Gasteiger partial charge in [0.25, 0.3) is 11.8 Å². The molecule has 2 rings (SSSR count). The normalized spacial score (nSPS) is 10.4. The molecule has 21 heavy (non-hydrogen) atoms. The summed E-state index contributed by atoms with van der Waals surface area (Å²) in [7, 11) is 0. The second-order valence-corrected chi connectivity index (χ2v) is 5.72. The first-order chi connectivity index (χ1) is 9.95. The second-order valence-electron chi connectivity index (χ2n) is 4.49. The minimum absolute atomic E-state index is 0.0722. The molecule has 0 saturated carbocycles. The van der Waals surface area contributed by atoms with E-state index in [1.165, 1.54) is 29.5 Å². The van der Waals surface area contributed by atoms with Gasteiger partial charge in [0.1, 0.15) is 10.8 Å². The van der Waals surface area contributed by atoms with Crippen LogP contribution in [0.2, 0.25) is 0 Å². The van der Waals surface area contributed by atoms with Gasteiger partial charge in [0.15, 0.2) is 0 Å². The number of hydrogen-bond acceptors (Lipinski definition) is 3. The molecule has 1 aromatic carbocycles. The van der Waals surface area contributed by atoms with Crippen LogP contribution in [0.25, 0.3) is 0 Å². The van der Waals surface area contributed by atoms with Crippen molar-refractivity contribution in [1.82, 2.24) is 0 Å². The van der Waals surface area contributed by atoms with Crippen molar-refractivity contribution in [2.24, 2.45) is 5.73 Å². The van der Waals surface area contributed by atoms with Crippen molar-refractivity contribution < 1.29 is 14.0 Å². The minimum Gasteiger partial charge on any atom is -0.365 e.